The number of ether oxygens (including phenoxy) is 6. The number of hydrogen-bond acceptors (Lipinski definition) is 18. The standard InChI is InChI=1S/4C24H30N2O2.C18H14O8.ClH/c4*1-2-26-19-22(13-14-25-15-17-28-18-16-25)24(23(26)27,20-9-5-3-6-10-20)21-11-7-4-8-12-21;19-15(20)13(25-17(23)11-7-3-1-4-8-11)14(16(21)22)26-18(24)12-9-5-2-6-10-12;/h4*3-12,22H,2,13-19H2,1H3;1-10,13-14H,(H,19,20)(H,21,22);1H/t2*22-;;;13-,14-;/m00..0./s1. The predicted octanol–water partition coefficient (Wildman–Crippen LogP) is 14.7. The van der Waals surface area contributed by atoms with Gasteiger partial charge in [-0.05, 0) is 148 Å². The van der Waals surface area contributed by atoms with E-state index in [1.165, 1.54) is 48.5 Å². The number of carboxylic acids is 2. The van der Waals surface area contributed by atoms with Crippen molar-refractivity contribution in [2.75, 3.05) is 184 Å². The average Bonchev–Trinajstić information content (AvgIpc) is 1.59. The summed E-state index contributed by atoms with van der Waals surface area (Å²) in [4.78, 5) is 120. The highest BCUT2D eigenvalue weighted by Gasteiger charge is 2.60. The lowest BCUT2D eigenvalue weighted by Crippen LogP contribution is -2.45. The molecule has 734 valence electrons. The second-order valence-electron chi connectivity index (χ2n) is 36.4. The molecule has 2 unspecified atom stereocenters. The third-order valence-electron chi connectivity index (χ3n) is 28.9. The number of benzene rings is 10. The van der Waals surface area contributed by atoms with Crippen molar-refractivity contribution < 1.29 is 77.0 Å². The van der Waals surface area contributed by atoms with Gasteiger partial charge in [-0.3, -0.25) is 38.8 Å². The van der Waals surface area contributed by atoms with Gasteiger partial charge in [-0.25, -0.2) is 19.2 Å². The highest BCUT2D eigenvalue weighted by atomic mass is 35.5. The Balaban J connectivity index is 0.000000146. The highest BCUT2D eigenvalue weighted by molar-refractivity contribution is 5.99. The van der Waals surface area contributed by atoms with Gasteiger partial charge in [-0.1, -0.05) is 279 Å². The third-order valence-corrected chi connectivity index (χ3v) is 28.9. The van der Waals surface area contributed by atoms with Gasteiger partial charge in [0.2, 0.25) is 35.8 Å². The maximum atomic E-state index is 13.8. The molecule has 8 aliphatic heterocycles. The van der Waals surface area contributed by atoms with Crippen LogP contribution in [0.25, 0.3) is 0 Å². The van der Waals surface area contributed by atoms with Gasteiger partial charge >= 0.3 is 23.9 Å². The van der Waals surface area contributed by atoms with E-state index < -0.39 is 57.7 Å². The molecule has 2 N–H and O–H groups in total. The maximum absolute atomic E-state index is 13.8. The molecule has 8 saturated heterocycles. The number of aliphatic carboxylic acids is 2. The number of nitrogens with zero attached hydrogens (tertiary/aromatic N) is 8. The first-order valence-corrected chi connectivity index (χ1v) is 49.3. The Labute approximate surface area is 824 Å². The van der Waals surface area contributed by atoms with E-state index in [1.54, 1.807) is 12.1 Å². The smallest absolute Gasteiger partial charge is 0.349 e. The average molecular weight is 1910 g/mol. The molecule has 24 nitrogen and oxygen atoms in total. The van der Waals surface area contributed by atoms with Crippen LogP contribution in [0.1, 0.15) is 119 Å². The number of amides is 4. The van der Waals surface area contributed by atoms with E-state index in [0.29, 0.717) is 0 Å². The summed E-state index contributed by atoms with van der Waals surface area (Å²) in [6, 6.07) is 98.1. The fraction of sp³-hybridized carbons (Fsp3) is 0.404. The van der Waals surface area contributed by atoms with Crippen LogP contribution in [0.15, 0.2) is 303 Å². The number of carbonyl (C=O) groups excluding carboxylic acids is 6. The summed E-state index contributed by atoms with van der Waals surface area (Å²) in [5, 5.41) is 18.5. The van der Waals surface area contributed by atoms with Crippen molar-refractivity contribution in [1.82, 2.24) is 39.2 Å². The first-order valence-electron chi connectivity index (χ1n) is 49.3. The quantitative estimate of drug-likeness (QED) is 0.0383. The van der Waals surface area contributed by atoms with Crippen molar-refractivity contribution in [3.05, 3.63) is 359 Å². The van der Waals surface area contributed by atoms with Crippen molar-refractivity contribution in [2.24, 2.45) is 23.7 Å². The topological polar surface area (TPSA) is 258 Å². The minimum atomic E-state index is -2.21. The van der Waals surface area contributed by atoms with Crippen LogP contribution in [-0.4, -0.2) is 293 Å². The normalized spacial score (nSPS) is 20.5. The van der Waals surface area contributed by atoms with Crippen molar-refractivity contribution >= 4 is 59.9 Å². The third kappa shape index (κ3) is 24.0. The van der Waals surface area contributed by atoms with E-state index in [1.807, 2.05) is 68.1 Å². The van der Waals surface area contributed by atoms with Gasteiger partial charge < -0.3 is 58.2 Å². The number of likely N-dealkylation sites (N-methyl/N-ethyl adjacent to an activating group) is 4. The molecule has 0 aliphatic carbocycles. The second kappa shape index (κ2) is 51.2. The number of carboxylic acid groups (broad SMARTS) is 2. The SMILES string of the molecule is CCN1CC(CCN2CCOCC2)C(c2ccccc2)(c2ccccc2)C1=O.CCN1CC(CCN2CCOCC2)C(c2ccccc2)(c2ccccc2)C1=O.CCN1C[C@H](CCN2CCOCC2)C(c2ccccc2)(c2ccccc2)C1=O.CCN1C[C@H](CCN2CCOCC2)C(c2ccccc2)(c2ccccc2)C1=O.Cl.O=C(O[C@H](C(=O)O)[C@H](OC(=O)c1ccccc1)C(=O)O)c1ccccc1. The number of rotatable bonds is 31. The molecule has 10 aromatic rings. The fourth-order valence-corrected chi connectivity index (χ4v) is 21.8. The molecule has 4 amide bonds. The van der Waals surface area contributed by atoms with Crippen molar-refractivity contribution in [2.45, 2.75) is 87.2 Å². The van der Waals surface area contributed by atoms with Crippen molar-refractivity contribution in [1.29, 1.82) is 0 Å². The molecule has 0 saturated carbocycles. The highest BCUT2D eigenvalue weighted by Crippen LogP contribution is 2.52. The first-order chi connectivity index (χ1) is 67.4. The fourth-order valence-electron chi connectivity index (χ4n) is 21.8. The van der Waals surface area contributed by atoms with Gasteiger partial charge in [0, 0.05) is 128 Å². The van der Waals surface area contributed by atoms with E-state index in [2.05, 4.69) is 241 Å². The van der Waals surface area contributed by atoms with Gasteiger partial charge in [-0.2, -0.15) is 0 Å². The lowest BCUT2D eigenvalue weighted by Gasteiger charge is -2.36. The summed E-state index contributed by atoms with van der Waals surface area (Å²) >= 11 is 0. The van der Waals surface area contributed by atoms with Gasteiger partial charge in [0.05, 0.1) is 64.0 Å². The van der Waals surface area contributed by atoms with Crippen LogP contribution in [0.5, 0.6) is 0 Å². The Morgan fingerprint density at radius 1 is 0.281 bits per heavy atom. The molecule has 0 radical (unpaired) electrons. The molecule has 0 aromatic heterocycles. The summed E-state index contributed by atoms with van der Waals surface area (Å²) in [5.41, 5.74) is 6.64. The summed E-state index contributed by atoms with van der Waals surface area (Å²) in [5.74, 6) is -3.61. The second-order valence-corrected chi connectivity index (χ2v) is 36.4. The zero-order valence-corrected chi connectivity index (χ0v) is 81.4. The van der Waals surface area contributed by atoms with Gasteiger partial charge in [0.25, 0.3) is 0 Å². The van der Waals surface area contributed by atoms with E-state index in [-0.39, 0.29) is 70.8 Å². The molecular weight excluding hydrogens is 1770 g/mol. The first kappa shape index (κ1) is 104. The van der Waals surface area contributed by atoms with Crippen LogP contribution in [-0.2, 0) is 78.8 Å². The number of esters is 2. The summed E-state index contributed by atoms with van der Waals surface area (Å²) in [7, 11) is 0. The molecule has 0 spiro atoms. The Hall–Kier alpha value is -12.1. The van der Waals surface area contributed by atoms with Crippen LogP contribution >= 0.6 is 12.4 Å². The van der Waals surface area contributed by atoms with Crippen molar-refractivity contribution in [3.63, 3.8) is 0 Å². The molecule has 10 aromatic carbocycles. The van der Waals surface area contributed by atoms with Crippen LogP contribution in [0.4, 0.5) is 0 Å². The van der Waals surface area contributed by atoms with Gasteiger partial charge in [0.15, 0.2) is 0 Å². The van der Waals surface area contributed by atoms with Gasteiger partial charge in [-0.15, -0.1) is 12.4 Å². The number of hydrogen-bond donors (Lipinski definition) is 2. The molecule has 18 rings (SSSR count). The molecule has 6 atom stereocenters. The summed E-state index contributed by atoms with van der Waals surface area (Å²) in [6.07, 6.45) is -0.406. The minimum Gasteiger partial charge on any atom is -0.478 e. The van der Waals surface area contributed by atoms with Crippen LogP contribution in [0.2, 0.25) is 0 Å². The largest absolute Gasteiger partial charge is 0.478 e. The molecule has 139 heavy (non-hydrogen) atoms. The van der Waals surface area contributed by atoms with E-state index in [0.717, 1.165) is 254 Å². The number of carbonyl (C=O) groups is 8. The lowest BCUT2D eigenvalue weighted by atomic mass is 9.66. The van der Waals surface area contributed by atoms with E-state index in [4.69, 9.17) is 28.4 Å². The monoisotopic (exact) mass is 1910 g/mol. The number of morpholine rings is 4. The molecule has 8 aliphatic rings. The summed E-state index contributed by atoms with van der Waals surface area (Å²) in [6.45, 7) is 33.1. The zero-order chi connectivity index (χ0) is 96.7. The Bertz CT molecular complexity index is 4710. The van der Waals surface area contributed by atoms with E-state index in [9.17, 15) is 48.6 Å². The van der Waals surface area contributed by atoms with Crippen LogP contribution < -0.4 is 0 Å². The van der Waals surface area contributed by atoms with Crippen LogP contribution in [0, 0.1) is 23.7 Å². The molecule has 8 heterocycles. The summed E-state index contributed by atoms with van der Waals surface area (Å²) < 4.78 is 31.5. The van der Waals surface area contributed by atoms with Crippen LogP contribution in [0.3, 0.4) is 0 Å². The Morgan fingerprint density at radius 2 is 0.439 bits per heavy atom. The van der Waals surface area contributed by atoms with Gasteiger partial charge in [0.1, 0.15) is 21.7 Å². The molecule has 25 heteroatoms. The van der Waals surface area contributed by atoms with E-state index >= 15 is 0 Å². The minimum absolute atomic E-state index is 0. The number of halogens is 1. The zero-order valence-electron chi connectivity index (χ0n) is 80.6. The maximum Gasteiger partial charge on any atom is 0.349 e. The molecule has 0 bridgehead atoms. The Kier molecular flexibility index (Phi) is 38.4. The predicted molar refractivity (Wildman–Crippen MR) is 539 cm³/mol. The number of likely N-dealkylation sites (tertiary alicyclic amines) is 4. The lowest BCUT2D eigenvalue weighted by molar-refractivity contribution is -0.166. The molecular formula is C114H135ClN8O16. The van der Waals surface area contributed by atoms with Crippen molar-refractivity contribution in [3.8, 4) is 0 Å². The Morgan fingerprint density at radius 3 is 0.590 bits per heavy atom. The molecule has 8 fully saturated rings.